The standard InChI is InChI=1S/C30H27N5O5/c31-25(13-18-7-11-23(36)12-8-18)30-34-28(35-40-30)20-9-5-19(6-10-20)17-39-26-15-22-4-2-1-3-21(22)14-24(26)29(38)33-16-27(32)37/h1-12,14-15,25,36H,13,16-17,31H2,(H2,32,37)(H,33,38). The van der Waals surface area contributed by atoms with Crippen molar-refractivity contribution in [3.05, 3.63) is 108 Å². The topological polar surface area (TPSA) is 167 Å². The van der Waals surface area contributed by atoms with Crippen LogP contribution in [0.15, 0.2) is 89.5 Å². The molecule has 0 spiro atoms. The Morgan fingerprint density at radius 1 is 0.950 bits per heavy atom. The fourth-order valence-corrected chi connectivity index (χ4v) is 4.17. The molecule has 40 heavy (non-hydrogen) atoms. The molecular weight excluding hydrogens is 510 g/mol. The minimum atomic E-state index is -0.634. The Morgan fingerprint density at radius 3 is 2.33 bits per heavy atom. The van der Waals surface area contributed by atoms with Gasteiger partial charge in [0.05, 0.1) is 18.2 Å². The van der Waals surface area contributed by atoms with Crippen molar-refractivity contribution >= 4 is 22.6 Å². The Balaban J connectivity index is 1.27. The number of ether oxygens (including phenoxy) is 1. The first-order valence-electron chi connectivity index (χ1n) is 12.5. The zero-order valence-corrected chi connectivity index (χ0v) is 21.4. The van der Waals surface area contributed by atoms with Gasteiger partial charge in [0.1, 0.15) is 18.1 Å². The van der Waals surface area contributed by atoms with E-state index in [0.29, 0.717) is 29.4 Å². The van der Waals surface area contributed by atoms with Gasteiger partial charge in [-0.25, -0.2) is 0 Å². The van der Waals surface area contributed by atoms with E-state index in [-0.39, 0.29) is 18.9 Å². The van der Waals surface area contributed by atoms with Crippen molar-refractivity contribution in [2.45, 2.75) is 19.1 Å². The number of hydrogen-bond acceptors (Lipinski definition) is 8. The molecule has 5 rings (SSSR count). The molecule has 1 aromatic heterocycles. The first-order chi connectivity index (χ1) is 19.4. The highest BCUT2D eigenvalue weighted by Gasteiger charge is 2.17. The van der Waals surface area contributed by atoms with Gasteiger partial charge in [0, 0.05) is 5.56 Å². The Morgan fingerprint density at radius 2 is 1.62 bits per heavy atom. The Kier molecular flexibility index (Phi) is 7.70. The summed E-state index contributed by atoms with van der Waals surface area (Å²) in [5, 5.41) is 17.8. The third-order valence-corrected chi connectivity index (χ3v) is 6.27. The van der Waals surface area contributed by atoms with E-state index in [1.54, 1.807) is 36.4 Å². The van der Waals surface area contributed by atoms with Gasteiger partial charge >= 0.3 is 0 Å². The minimum Gasteiger partial charge on any atom is -0.508 e. The van der Waals surface area contributed by atoms with Crippen LogP contribution in [-0.2, 0) is 17.8 Å². The van der Waals surface area contributed by atoms with E-state index in [4.69, 9.17) is 20.7 Å². The molecule has 6 N–H and O–H groups in total. The van der Waals surface area contributed by atoms with E-state index < -0.39 is 17.9 Å². The van der Waals surface area contributed by atoms with Crippen LogP contribution in [-0.4, -0.2) is 33.6 Å². The highest BCUT2D eigenvalue weighted by molar-refractivity contribution is 6.02. The number of nitrogens with one attached hydrogen (secondary N) is 1. The maximum Gasteiger partial charge on any atom is 0.255 e. The van der Waals surface area contributed by atoms with E-state index in [0.717, 1.165) is 27.5 Å². The van der Waals surface area contributed by atoms with E-state index >= 15 is 0 Å². The number of hydrogen-bond donors (Lipinski definition) is 4. The van der Waals surface area contributed by atoms with Crippen molar-refractivity contribution in [2.24, 2.45) is 11.5 Å². The number of primary amides is 1. The molecule has 10 heteroatoms. The molecule has 2 amide bonds. The summed E-state index contributed by atoms with van der Waals surface area (Å²) in [7, 11) is 0. The maximum absolute atomic E-state index is 12.8. The highest BCUT2D eigenvalue weighted by atomic mass is 16.5. The number of fused-ring (bicyclic) bond motifs is 1. The third kappa shape index (κ3) is 6.25. The zero-order chi connectivity index (χ0) is 28.1. The molecule has 4 aromatic carbocycles. The summed E-state index contributed by atoms with van der Waals surface area (Å²) in [6.07, 6.45) is 0.482. The van der Waals surface area contributed by atoms with Crippen LogP contribution in [0.2, 0.25) is 0 Å². The van der Waals surface area contributed by atoms with E-state index in [9.17, 15) is 14.7 Å². The lowest BCUT2D eigenvalue weighted by molar-refractivity contribution is -0.117. The summed E-state index contributed by atoms with van der Waals surface area (Å²) in [5.74, 6) is 0.210. The number of phenolic OH excluding ortho intramolecular Hbond substituents is 1. The number of carbonyl (C=O) groups excluding carboxylic acids is 2. The number of aromatic hydroxyl groups is 1. The van der Waals surface area contributed by atoms with Crippen LogP contribution < -0.4 is 21.5 Å². The van der Waals surface area contributed by atoms with Crippen LogP contribution in [0, 0.1) is 0 Å². The van der Waals surface area contributed by atoms with Crippen molar-refractivity contribution in [3.63, 3.8) is 0 Å². The lowest BCUT2D eigenvalue weighted by Crippen LogP contribution is -2.33. The van der Waals surface area contributed by atoms with Crippen molar-refractivity contribution in [1.82, 2.24) is 15.5 Å². The maximum atomic E-state index is 12.8. The summed E-state index contributed by atoms with van der Waals surface area (Å²) in [5.41, 5.74) is 14.3. The SMILES string of the molecule is NC(=O)CNC(=O)c1cc2ccccc2cc1OCc1ccc(-c2noc(C(N)Cc3ccc(O)cc3)n2)cc1. The predicted octanol–water partition coefficient (Wildman–Crippen LogP) is 3.63. The van der Waals surface area contributed by atoms with Gasteiger partial charge in [0.2, 0.25) is 17.6 Å². The number of aromatic nitrogens is 2. The predicted molar refractivity (Wildman–Crippen MR) is 148 cm³/mol. The van der Waals surface area contributed by atoms with E-state index in [1.807, 2.05) is 48.5 Å². The molecule has 1 unspecified atom stereocenters. The summed E-state index contributed by atoms with van der Waals surface area (Å²) in [6, 6.07) is 24.9. The van der Waals surface area contributed by atoms with Gasteiger partial charge in [-0.15, -0.1) is 0 Å². The van der Waals surface area contributed by atoms with Gasteiger partial charge < -0.3 is 31.2 Å². The van der Waals surface area contributed by atoms with Crippen LogP contribution in [0.4, 0.5) is 0 Å². The summed E-state index contributed by atoms with van der Waals surface area (Å²) in [4.78, 5) is 28.3. The van der Waals surface area contributed by atoms with Crippen LogP contribution >= 0.6 is 0 Å². The molecule has 0 aliphatic carbocycles. The quantitative estimate of drug-likeness (QED) is 0.209. The van der Waals surface area contributed by atoms with Crippen molar-refractivity contribution in [2.75, 3.05) is 6.54 Å². The molecule has 0 bridgehead atoms. The number of rotatable bonds is 10. The summed E-state index contributed by atoms with van der Waals surface area (Å²) < 4.78 is 11.4. The second kappa shape index (κ2) is 11.7. The van der Waals surface area contributed by atoms with E-state index in [2.05, 4.69) is 15.5 Å². The van der Waals surface area contributed by atoms with Crippen LogP contribution in [0.5, 0.6) is 11.5 Å². The fraction of sp³-hybridized carbons (Fsp3) is 0.133. The van der Waals surface area contributed by atoms with Crippen LogP contribution in [0.1, 0.15) is 33.4 Å². The fourth-order valence-electron chi connectivity index (χ4n) is 4.17. The highest BCUT2D eigenvalue weighted by Crippen LogP contribution is 2.28. The van der Waals surface area contributed by atoms with Crippen molar-refractivity contribution < 1.29 is 24.0 Å². The average Bonchev–Trinajstić information content (AvgIpc) is 3.46. The largest absolute Gasteiger partial charge is 0.508 e. The molecule has 0 aliphatic rings. The zero-order valence-electron chi connectivity index (χ0n) is 21.4. The molecule has 5 aromatic rings. The molecule has 202 valence electrons. The number of nitrogens with zero attached hydrogens (tertiary/aromatic N) is 2. The number of nitrogens with two attached hydrogens (primary N) is 2. The first-order valence-corrected chi connectivity index (χ1v) is 12.5. The van der Waals surface area contributed by atoms with Crippen molar-refractivity contribution in [1.29, 1.82) is 0 Å². The van der Waals surface area contributed by atoms with Gasteiger partial charge in [-0.3, -0.25) is 9.59 Å². The van der Waals surface area contributed by atoms with Crippen LogP contribution in [0.25, 0.3) is 22.2 Å². The number of carbonyl (C=O) groups is 2. The van der Waals surface area contributed by atoms with E-state index in [1.165, 1.54) is 0 Å². The lowest BCUT2D eigenvalue weighted by atomic mass is 10.1. The molecule has 0 radical (unpaired) electrons. The summed E-state index contributed by atoms with van der Waals surface area (Å²) in [6.45, 7) is -0.0736. The normalized spacial score (nSPS) is 11.7. The van der Waals surface area contributed by atoms with Crippen molar-refractivity contribution in [3.8, 4) is 22.9 Å². The number of amides is 2. The van der Waals surface area contributed by atoms with Crippen LogP contribution in [0.3, 0.4) is 0 Å². The second-order valence-electron chi connectivity index (χ2n) is 9.26. The minimum absolute atomic E-state index is 0.189. The smallest absolute Gasteiger partial charge is 0.255 e. The second-order valence-corrected chi connectivity index (χ2v) is 9.26. The van der Waals surface area contributed by atoms with Gasteiger partial charge in [0.15, 0.2) is 0 Å². The monoisotopic (exact) mass is 537 g/mol. The van der Waals surface area contributed by atoms with Gasteiger partial charge in [-0.05, 0) is 52.6 Å². The van der Waals surface area contributed by atoms with Gasteiger partial charge in [-0.1, -0.05) is 65.8 Å². The average molecular weight is 538 g/mol. The molecule has 0 saturated carbocycles. The summed E-state index contributed by atoms with van der Waals surface area (Å²) >= 11 is 0. The molecule has 1 heterocycles. The molecule has 10 nitrogen and oxygen atoms in total. The number of phenols is 1. The molecule has 0 aliphatic heterocycles. The van der Waals surface area contributed by atoms with Gasteiger partial charge in [-0.2, -0.15) is 4.98 Å². The number of benzene rings is 4. The Hall–Kier alpha value is -5.22. The third-order valence-electron chi connectivity index (χ3n) is 6.27. The molecule has 0 saturated heterocycles. The Labute approximate surface area is 229 Å². The molecular formula is C30H27N5O5. The first kappa shape index (κ1) is 26.4. The molecule has 1 atom stereocenters. The van der Waals surface area contributed by atoms with Gasteiger partial charge in [0.25, 0.3) is 5.91 Å². The Bertz CT molecular complexity index is 1650. The lowest BCUT2D eigenvalue weighted by Gasteiger charge is -2.13. The molecule has 0 fully saturated rings.